The summed E-state index contributed by atoms with van der Waals surface area (Å²) in [5.41, 5.74) is 0.930. The summed E-state index contributed by atoms with van der Waals surface area (Å²) in [6, 6.07) is 0. The maximum Gasteiger partial charge on any atom is 0.307 e. The molecule has 0 radical (unpaired) electrons. The van der Waals surface area contributed by atoms with E-state index in [1.807, 2.05) is 26.8 Å². The van der Waals surface area contributed by atoms with Crippen LogP contribution in [0.25, 0.3) is 0 Å². The minimum atomic E-state index is -0.723. The third-order valence-electron chi connectivity index (χ3n) is 3.35. The highest BCUT2D eigenvalue weighted by Crippen LogP contribution is 2.38. The molecule has 0 saturated heterocycles. The largest absolute Gasteiger partial charge is 0.481 e. The summed E-state index contributed by atoms with van der Waals surface area (Å²) in [6.07, 6.45) is 5.70. The van der Waals surface area contributed by atoms with Gasteiger partial charge in [-0.15, -0.1) is 6.58 Å². The highest BCUT2D eigenvalue weighted by Gasteiger charge is 2.38. The lowest BCUT2D eigenvalue weighted by molar-refractivity contribution is -0.147. The summed E-state index contributed by atoms with van der Waals surface area (Å²) in [6.45, 7) is 13.9. The Balaban J connectivity index is 4.90. The lowest BCUT2D eigenvalue weighted by Gasteiger charge is -2.34. The van der Waals surface area contributed by atoms with E-state index in [0.717, 1.165) is 12.8 Å². The fraction of sp³-hybridized carbons (Fsp3) is 0.667. The first kappa shape index (κ1) is 16.0. The third-order valence-corrected chi connectivity index (χ3v) is 3.35. The van der Waals surface area contributed by atoms with Crippen LogP contribution in [0.2, 0.25) is 0 Å². The zero-order chi connectivity index (χ0) is 13.6. The van der Waals surface area contributed by atoms with Crippen LogP contribution in [0, 0.1) is 17.3 Å². The molecule has 0 rings (SSSR count). The van der Waals surface area contributed by atoms with Crippen molar-refractivity contribution in [2.45, 2.75) is 47.5 Å². The minimum absolute atomic E-state index is 0.113. The zero-order valence-electron chi connectivity index (χ0n) is 11.8. The number of rotatable bonds is 7. The van der Waals surface area contributed by atoms with Crippen LogP contribution in [0.3, 0.4) is 0 Å². The lowest BCUT2D eigenvalue weighted by atomic mass is 9.69. The van der Waals surface area contributed by atoms with Gasteiger partial charge in [-0.05, 0) is 38.0 Å². The van der Waals surface area contributed by atoms with Gasteiger partial charge in [-0.1, -0.05) is 38.5 Å². The number of carboxylic acid groups (broad SMARTS) is 1. The molecule has 0 aliphatic rings. The van der Waals surface area contributed by atoms with Crippen molar-refractivity contribution in [3.05, 3.63) is 24.3 Å². The van der Waals surface area contributed by atoms with Crippen molar-refractivity contribution in [3.63, 3.8) is 0 Å². The fourth-order valence-corrected chi connectivity index (χ4v) is 2.39. The Hall–Kier alpha value is -1.05. The fourth-order valence-electron chi connectivity index (χ4n) is 2.39. The van der Waals surface area contributed by atoms with Gasteiger partial charge >= 0.3 is 5.97 Å². The van der Waals surface area contributed by atoms with Crippen molar-refractivity contribution >= 4 is 5.97 Å². The van der Waals surface area contributed by atoms with E-state index in [-0.39, 0.29) is 17.3 Å². The van der Waals surface area contributed by atoms with E-state index in [9.17, 15) is 9.90 Å². The number of allylic oxidation sites excluding steroid dienone is 3. The molecule has 0 aliphatic heterocycles. The predicted molar refractivity (Wildman–Crippen MR) is 72.9 cm³/mol. The number of carbonyl (C=O) groups is 1. The van der Waals surface area contributed by atoms with Gasteiger partial charge in [0.2, 0.25) is 0 Å². The summed E-state index contributed by atoms with van der Waals surface area (Å²) in [5.74, 6) is -0.979. The molecule has 0 saturated carbocycles. The first-order valence-electron chi connectivity index (χ1n) is 6.24. The summed E-state index contributed by atoms with van der Waals surface area (Å²) in [5, 5.41) is 9.36. The Kier molecular flexibility index (Phi) is 6.22. The Bertz CT molecular complexity index is 298. The predicted octanol–water partition coefficient (Wildman–Crippen LogP) is 4.28. The summed E-state index contributed by atoms with van der Waals surface area (Å²) in [4.78, 5) is 11.4. The van der Waals surface area contributed by atoms with Gasteiger partial charge in [0.15, 0.2) is 0 Å². The maximum absolute atomic E-state index is 11.4. The molecule has 17 heavy (non-hydrogen) atoms. The SMILES string of the molecule is C=C[C@](C)(CCC=C(C)C)[C@H](C(=O)O)C(C)C. The minimum Gasteiger partial charge on any atom is -0.481 e. The van der Waals surface area contributed by atoms with Crippen molar-refractivity contribution in [2.24, 2.45) is 17.3 Å². The molecule has 0 spiro atoms. The summed E-state index contributed by atoms with van der Waals surface area (Å²) < 4.78 is 0. The van der Waals surface area contributed by atoms with Crippen LogP contribution in [0.15, 0.2) is 24.3 Å². The van der Waals surface area contributed by atoms with E-state index in [2.05, 4.69) is 26.5 Å². The van der Waals surface area contributed by atoms with Crippen molar-refractivity contribution in [1.82, 2.24) is 0 Å². The van der Waals surface area contributed by atoms with Gasteiger partial charge in [-0.3, -0.25) is 4.79 Å². The van der Waals surface area contributed by atoms with Gasteiger partial charge < -0.3 is 5.11 Å². The van der Waals surface area contributed by atoms with Crippen LogP contribution in [-0.2, 0) is 4.79 Å². The Labute approximate surface area is 105 Å². The van der Waals surface area contributed by atoms with Crippen LogP contribution in [0.5, 0.6) is 0 Å². The Morgan fingerprint density at radius 3 is 2.24 bits per heavy atom. The molecule has 2 heteroatoms. The molecule has 0 unspecified atom stereocenters. The molecule has 0 bridgehead atoms. The van der Waals surface area contributed by atoms with Gasteiger partial charge in [0.1, 0.15) is 0 Å². The Morgan fingerprint density at radius 1 is 1.41 bits per heavy atom. The standard InChI is InChI=1S/C15H26O2/c1-7-15(6,10-8-9-11(2)3)13(12(4)5)14(16)17/h7,9,12-13H,1,8,10H2,2-6H3,(H,16,17)/t13-,15+/m0/s1. The number of hydrogen-bond acceptors (Lipinski definition) is 1. The molecular formula is C15H26O2. The van der Waals surface area contributed by atoms with Crippen LogP contribution < -0.4 is 0 Å². The van der Waals surface area contributed by atoms with Gasteiger partial charge in [0.25, 0.3) is 0 Å². The van der Waals surface area contributed by atoms with E-state index in [0.29, 0.717) is 0 Å². The first-order valence-corrected chi connectivity index (χ1v) is 6.24. The van der Waals surface area contributed by atoms with E-state index >= 15 is 0 Å². The second kappa shape index (κ2) is 6.63. The molecule has 98 valence electrons. The molecule has 2 atom stereocenters. The topological polar surface area (TPSA) is 37.3 Å². The van der Waals surface area contributed by atoms with Gasteiger partial charge in [0, 0.05) is 0 Å². The monoisotopic (exact) mass is 238 g/mol. The third kappa shape index (κ3) is 4.76. The average Bonchev–Trinajstić information content (AvgIpc) is 2.15. The lowest BCUT2D eigenvalue weighted by Crippen LogP contribution is -2.35. The van der Waals surface area contributed by atoms with E-state index in [1.165, 1.54) is 5.57 Å². The molecule has 0 amide bonds. The van der Waals surface area contributed by atoms with Crippen LogP contribution >= 0.6 is 0 Å². The normalized spacial score (nSPS) is 16.1. The molecule has 0 aromatic heterocycles. The second-order valence-corrected chi connectivity index (χ2v) is 5.59. The van der Waals surface area contributed by atoms with E-state index < -0.39 is 5.97 Å². The molecule has 2 nitrogen and oxygen atoms in total. The molecule has 0 aliphatic carbocycles. The smallest absolute Gasteiger partial charge is 0.307 e. The highest BCUT2D eigenvalue weighted by atomic mass is 16.4. The van der Waals surface area contributed by atoms with Crippen molar-refractivity contribution in [2.75, 3.05) is 0 Å². The van der Waals surface area contributed by atoms with Crippen molar-refractivity contribution in [3.8, 4) is 0 Å². The molecule has 0 heterocycles. The summed E-state index contributed by atoms with van der Waals surface area (Å²) >= 11 is 0. The summed E-state index contributed by atoms with van der Waals surface area (Å²) in [7, 11) is 0. The van der Waals surface area contributed by atoms with Crippen LogP contribution in [0.1, 0.15) is 47.5 Å². The molecule has 1 N–H and O–H groups in total. The molecule has 0 fully saturated rings. The molecule has 0 aromatic carbocycles. The van der Waals surface area contributed by atoms with Gasteiger partial charge in [0.05, 0.1) is 5.92 Å². The van der Waals surface area contributed by atoms with E-state index in [1.54, 1.807) is 0 Å². The zero-order valence-corrected chi connectivity index (χ0v) is 11.8. The van der Waals surface area contributed by atoms with Gasteiger partial charge in [-0.2, -0.15) is 0 Å². The van der Waals surface area contributed by atoms with Gasteiger partial charge in [-0.25, -0.2) is 0 Å². The Morgan fingerprint density at radius 2 is 1.94 bits per heavy atom. The average molecular weight is 238 g/mol. The van der Waals surface area contributed by atoms with Crippen LogP contribution in [-0.4, -0.2) is 11.1 Å². The number of carboxylic acids is 1. The van der Waals surface area contributed by atoms with E-state index in [4.69, 9.17) is 0 Å². The maximum atomic E-state index is 11.4. The highest BCUT2D eigenvalue weighted by molar-refractivity contribution is 5.71. The molecular weight excluding hydrogens is 212 g/mol. The quantitative estimate of drug-likeness (QED) is 0.672. The molecule has 0 aromatic rings. The number of hydrogen-bond donors (Lipinski definition) is 1. The van der Waals surface area contributed by atoms with Crippen molar-refractivity contribution < 1.29 is 9.90 Å². The van der Waals surface area contributed by atoms with Crippen molar-refractivity contribution in [1.29, 1.82) is 0 Å². The van der Waals surface area contributed by atoms with Crippen LogP contribution in [0.4, 0.5) is 0 Å². The second-order valence-electron chi connectivity index (χ2n) is 5.59. The number of aliphatic carboxylic acids is 1. The first-order chi connectivity index (χ1) is 7.74.